The second-order valence-corrected chi connectivity index (χ2v) is 10.9. The number of carboxylic acid groups (broad SMARTS) is 1. The van der Waals surface area contributed by atoms with E-state index in [1.807, 2.05) is 38.1 Å². The van der Waals surface area contributed by atoms with Gasteiger partial charge in [-0.3, -0.25) is 14.3 Å². The van der Waals surface area contributed by atoms with Crippen molar-refractivity contribution in [2.75, 3.05) is 6.16 Å². The summed E-state index contributed by atoms with van der Waals surface area (Å²) in [6.45, 7) is 3.90. The van der Waals surface area contributed by atoms with E-state index in [4.69, 9.17) is 10.1 Å². The lowest BCUT2D eigenvalue weighted by Crippen LogP contribution is -2.17. The highest BCUT2D eigenvalue weighted by molar-refractivity contribution is 7.63. The van der Waals surface area contributed by atoms with Crippen molar-refractivity contribution in [3.63, 3.8) is 0 Å². The topological polar surface area (TPSA) is 108 Å². The molecule has 3 N–H and O–H groups in total. The molecule has 8 heteroatoms. The number of halogens is 1. The van der Waals surface area contributed by atoms with Crippen LogP contribution in [-0.2, 0) is 15.8 Å². The summed E-state index contributed by atoms with van der Waals surface area (Å²) in [5, 5.41) is 18.7. The van der Waals surface area contributed by atoms with Crippen molar-refractivity contribution in [3.8, 4) is 34.0 Å². The van der Waals surface area contributed by atoms with Crippen LogP contribution in [0.2, 0.25) is 0 Å². The van der Waals surface area contributed by atoms with Crippen LogP contribution in [0.5, 0.6) is 0 Å². The number of aliphatic hydroxyl groups is 1. The van der Waals surface area contributed by atoms with Gasteiger partial charge in [-0.05, 0) is 40.4 Å². The third-order valence-electron chi connectivity index (χ3n) is 5.87. The summed E-state index contributed by atoms with van der Waals surface area (Å²) in [6.07, 6.45) is -2.21. The fourth-order valence-corrected chi connectivity index (χ4v) is 5.43. The van der Waals surface area contributed by atoms with E-state index < -0.39 is 32.0 Å². The van der Waals surface area contributed by atoms with Crippen LogP contribution in [0.3, 0.4) is 0 Å². The molecule has 2 aromatic carbocycles. The van der Waals surface area contributed by atoms with Crippen LogP contribution in [0.4, 0.5) is 4.39 Å². The molecule has 0 bridgehead atoms. The highest BCUT2D eigenvalue weighted by Gasteiger charge is 2.29. The number of aromatic nitrogens is 1. The average molecular weight is 493 g/mol. The van der Waals surface area contributed by atoms with E-state index in [9.17, 15) is 23.7 Å². The molecule has 0 aliphatic heterocycles. The molecule has 0 saturated heterocycles. The number of benzene rings is 2. The quantitative estimate of drug-likeness (QED) is 0.258. The molecular weight excluding hydrogens is 468 g/mol. The first kappa shape index (κ1) is 24.8. The van der Waals surface area contributed by atoms with E-state index in [1.165, 1.54) is 12.1 Å². The zero-order chi connectivity index (χ0) is 25.3. The zero-order valence-corrected chi connectivity index (χ0v) is 20.2. The standard InChI is InChI=1S/C27H25FNO5P/c1-16(2)26-22(11-12-35(33,34)15-20(30)14-24(31)32)25(17-7-9-19(28)10-8-17)23-13-18-5-3-4-6-21(18)27(23)29-26/h3-10,16,20,30H,13-15H2,1-2H3,(H,31,32)(H,33,34)/t20-/m0/s1. The molecule has 1 aliphatic carbocycles. The van der Waals surface area contributed by atoms with Crippen LogP contribution in [0.25, 0.3) is 22.4 Å². The minimum Gasteiger partial charge on any atom is -0.481 e. The van der Waals surface area contributed by atoms with Crippen molar-refractivity contribution in [2.45, 2.75) is 38.7 Å². The first-order valence-electron chi connectivity index (χ1n) is 11.2. The molecule has 1 aromatic heterocycles. The summed E-state index contributed by atoms with van der Waals surface area (Å²) in [5.41, 5.74) is 8.79. The highest BCUT2D eigenvalue weighted by Crippen LogP contribution is 2.45. The lowest BCUT2D eigenvalue weighted by atomic mass is 9.90. The maximum Gasteiger partial charge on any atom is 0.305 e. The summed E-state index contributed by atoms with van der Waals surface area (Å²) in [7, 11) is -4.18. The van der Waals surface area contributed by atoms with Crippen molar-refractivity contribution in [3.05, 3.63) is 76.7 Å². The van der Waals surface area contributed by atoms with Gasteiger partial charge in [0.25, 0.3) is 7.37 Å². The van der Waals surface area contributed by atoms with Crippen LogP contribution in [0.15, 0.2) is 48.5 Å². The van der Waals surface area contributed by atoms with Gasteiger partial charge in [0.1, 0.15) is 5.82 Å². The Morgan fingerprint density at radius 1 is 1.17 bits per heavy atom. The van der Waals surface area contributed by atoms with Gasteiger partial charge in [0, 0.05) is 17.5 Å². The van der Waals surface area contributed by atoms with E-state index in [-0.39, 0.29) is 11.7 Å². The number of aliphatic carboxylic acids is 1. The number of hydrogen-bond donors (Lipinski definition) is 3. The monoisotopic (exact) mass is 493 g/mol. The van der Waals surface area contributed by atoms with Crippen molar-refractivity contribution in [1.82, 2.24) is 4.98 Å². The molecule has 0 spiro atoms. The number of carbonyl (C=O) groups is 1. The van der Waals surface area contributed by atoms with Gasteiger partial charge in [-0.1, -0.05) is 56.2 Å². The first-order chi connectivity index (χ1) is 16.6. The maximum atomic E-state index is 13.7. The lowest BCUT2D eigenvalue weighted by Gasteiger charge is -2.18. The highest BCUT2D eigenvalue weighted by atomic mass is 31.2. The molecule has 0 amide bonds. The van der Waals surface area contributed by atoms with Crippen LogP contribution < -0.4 is 0 Å². The molecule has 35 heavy (non-hydrogen) atoms. The number of carboxylic acids is 1. The van der Waals surface area contributed by atoms with Crippen molar-refractivity contribution in [1.29, 1.82) is 0 Å². The Kier molecular flexibility index (Phi) is 6.91. The van der Waals surface area contributed by atoms with Gasteiger partial charge >= 0.3 is 5.97 Å². The SMILES string of the molecule is CC(C)c1nc2c(c(-c3ccc(F)cc3)c1C#CP(=O)(O)C[C@@H](O)CC(=O)O)Cc1ccccc1-2. The molecule has 0 saturated carbocycles. The minimum absolute atomic E-state index is 0.0766. The normalized spacial score (nSPS) is 14.5. The van der Waals surface area contributed by atoms with Crippen molar-refractivity contribution >= 4 is 13.3 Å². The number of rotatable bonds is 6. The van der Waals surface area contributed by atoms with Crippen molar-refractivity contribution < 1.29 is 28.9 Å². The smallest absolute Gasteiger partial charge is 0.305 e. The molecule has 6 nitrogen and oxygen atoms in total. The molecule has 1 unspecified atom stereocenters. The Balaban J connectivity index is 1.92. The summed E-state index contributed by atoms with van der Waals surface area (Å²) in [6, 6.07) is 13.9. The summed E-state index contributed by atoms with van der Waals surface area (Å²) in [4.78, 5) is 26.1. The molecule has 1 aliphatic rings. The van der Waals surface area contributed by atoms with Crippen LogP contribution in [0, 0.1) is 17.4 Å². The van der Waals surface area contributed by atoms with E-state index >= 15 is 0 Å². The minimum atomic E-state index is -4.18. The fraction of sp³-hybridized carbons (Fsp3) is 0.259. The van der Waals surface area contributed by atoms with Gasteiger partial charge in [0.05, 0.1) is 35.6 Å². The second kappa shape index (κ2) is 9.75. The summed E-state index contributed by atoms with van der Waals surface area (Å²) in [5.74, 6) is 1.12. The van der Waals surface area contributed by atoms with Gasteiger partial charge in [-0.25, -0.2) is 4.39 Å². The third kappa shape index (κ3) is 5.36. The lowest BCUT2D eigenvalue weighted by molar-refractivity contribution is -0.138. The third-order valence-corrected chi connectivity index (χ3v) is 7.25. The molecular formula is C27H25FNO5P. The molecule has 0 fully saturated rings. The largest absolute Gasteiger partial charge is 0.481 e. The fourth-order valence-electron chi connectivity index (χ4n) is 4.35. The van der Waals surface area contributed by atoms with Crippen LogP contribution in [-0.4, -0.2) is 38.3 Å². The summed E-state index contributed by atoms with van der Waals surface area (Å²) >= 11 is 0. The van der Waals surface area contributed by atoms with E-state index in [1.54, 1.807) is 12.1 Å². The average Bonchev–Trinajstić information content (AvgIpc) is 3.14. The Morgan fingerprint density at radius 3 is 2.51 bits per heavy atom. The second-order valence-electron chi connectivity index (χ2n) is 8.94. The molecule has 3 aromatic rings. The van der Waals surface area contributed by atoms with Gasteiger partial charge < -0.3 is 15.1 Å². The first-order valence-corrected chi connectivity index (χ1v) is 13.1. The van der Waals surface area contributed by atoms with Gasteiger partial charge in [-0.15, -0.1) is 0 Å². The van der Waals surface area contributed by atoms with Crippen LogP contribution >= 0.6 is 7.37 Å². The van der Waals surface area contributed by atoms with E-state index in [0.29, 0.717) is 23.2 Å². The number of hydrogen-bond acceptors (Lipinski definition) is 4. The Bertz CT molecular complexity index is 1410. The number of aliphatic hydroxyl groups excluding tert-OH is 1. The Labute approximate surface area is 202 Å². The zero-order valence-electron chi connectivity index (χ0n) is 19.3. The Hall–Kier alpha value is -3.30. The maximum absolute atomic E-state index is 13.7. The Morgan fingerprint density at radius 2 is 1.86 bits per heavy atom. The van der Waals surface area contributed by atoms with E-state index in [0.717, 1.165) is 27.9 Å². The molecule has 2 atom stereocenters. The predicted octanol–water partition coefficient (Wildman–Crippen LogP) is 5.00. The molecule has 4 rings (SSSR count). The van der Waals surface area contributed by atoms with E-state index in [2.05, 4.69) is 11.6 Å². The molecule has 1 heterocycles. The molecule has 180 valence electrons. The number of nitrogens with zero attached hydrogens (tertiary/aromatic N) is 1. The number of pyridine rings is 1. The van der Waals surface area contributed by atoms with Gasteiger partial charge in [0.15, 0.2) is 0 Å². The van der Waals surface area contributed by atoms with Gasteiger partial charge in [-0.2, -0.15) is 0 Å². The predicted molar refractivity (Wildman–Crippen MR) is 132 cm³/mol. The van der Waals surface area contributed by atoms with Gasteiger partial charge in [0.2, 0.25) is 0 Å². The van der Waals surface area contributed by atoms with Crippen LogP contribution in [0.1, 0.15) is 48.6 Å². The molecule has 0 radical (unpaired) electrons. The van der Waals surface area contributed by atoms with Crippen molar-refractivity contribution in [2.24, 2.45) is 0 Å². The number of fused-ring (bicyclic) bond motifs is 3. The summed E-state index contributed by atoms with van der Waals surface area (Å²) < 4.78 is 26.5.